The Morgan fingerprint density at radius 2 is 2.10 bits per heavy atom. The van der Waals surface area contributed by atoms with E-state index >= 15 is 0 Å². The fourth-order valence-corrected chi connectivity index (χ4v) is 3.85. The van der Waals surface area contributed by atoms with Crippen LogP contribution in [-0.4, -0.2) is 47.1 Å². The minimum absolute atomic E-state index is 0.134. The van der Waals surface area contributed by atoms with Crippen molar-refractivity contribution in [1.29, 1.82) is 0 Å². The summed E-state index contributed by atoms with van der Waals surface area (Å²) in [6.45, 7) is 1.73. The summed E-state index contributed by atoms with van der Waals surface area (Å²) < 4.78 is 5.45. The summed E-state index contributed by atoms with van der Waals surface area (Å²) in [6, 6.07) is 5.67. The third kappa shape index (κ3) is 2.12. The highest BCUT2D eigenvalue weighted by Crippen LogP contribution is 2.39. The predicted molar refractivity (Wildman–Crippen MR) is 79.0 cm³/mol. The van der Waals surface area contributed by atoms with Gasteiger partial charge in [0.25, 0.3) is 5.91 Å². The number of aromatic nitrogens is 2. The lowest BCUT2D eigenvalue weighted by Gasteiger charge is -2.19. The summed E-state index contributed by atoms with van der Waals surface area (Å²) in [4.78, 5) is 21.9. The molecule has 1 aliphatic heterocycles. The van der Waals surface area contributed by atoms with Crippen molar-refractivity contribution in [2.24, 2.45) is 11.8 Å². The topological polar surface area (TPSA) is 58.2 Å². The molecular formula is C16H19N3O2. The van der Waals surface area contributed by atoms with Crippen molar-refractivity contribution in [1.82, 2.24) is 14.9 Å². The summed E-state index contributed by atoms with van der Waals surface area (Å²) >= 11 is 0. The van der Waals surface area contributed by atoms with Gasteiger partial charge in [0, 0.05) is 25.8 Å². The van der Waals surface area contributed by atoms with E-state index < -0.39 is 0 Å². The molecule has 1 unspecified atom stereocenters. The molecule has 0 spiro atoms. The molecule has 21 heavy (non-hydrogen) atoms. The lowest BCUT2D eigenvalue weighted by Crippen LogP contribution is -2.30. The van der Waals surface area contributed by atoms with E-state index in [9.17, 15) is 4.79 Å². The maximum Gasteiger partial charge on any atom is 0.253 e. The van der Waals surface area contributed by atoms with Gasteiger partial charge in [0.2, 0.25) is 0 Å². The van der Waals surface area contributed by atoms with E-state index in [1.54, 1.807) is 13.4 Å². The molecule has 1 amide bonds. The van der Waals surface area contributed by atoms with Crippen LogP contribution in [0.5, 0.6) is 0 Å². The van der Waals surface area contributed by atoms with E-state index in [2.05, 4.69) is 9.97 Å². The Balaban J connectivity index is 1.51. The van der Waals surface area contributed by atoms with E-state index in [1.165, 1.54) is 0 Å². The van der Waals surface area contributed by atoms with Gasteiger partial charge < -0.3 is 14.6 Å². The van der Waals surface area contributed by atoms with Crippen molar-refractivity contribution in [3.63, 3.8) is 0 Å². The van der Waals surface area contributed by atoms with Gasteiger partial charge in [-0.3, -0.25) is 4.79 Å². The molecule has 1 saturated carbocycles. The first-order chi connectivity index (χ1) is 10.2. The van der Waals surface area contributed by atoms with Gasteiger partial charge in [-0.25, -0.2) is 4.98 Å². The van der Waals surface area contributed by atoms with Gasteiger partial charge in [0.05, 0.1) is 23.5 Å². The van der Waals surface area contributed by atoms with Crippen LogP contribution in [-0.2, 0) is 4.74 Å². The van der Waals surface area contributed by atoms with E-state index in [-0.39, 0.29) is 5.91 Å². The first-order valence-corrected chi connectivity index (χ1v) is 7.50. The van der Waals surface area contributed by atoms with Crippen LogP contribution in [0.1, 0.15) is 23.2 Å². The van der Waals surface area contributed by atoms with Crippen molar-refractivity contribution in [3.8, 4) is 0 Å². The predicted octanol–water partition coefficient (Wildman–Crippen LogP) is 2.06. The number of likely N-dealkylation sites (tertiary alicyclic amines) is 1. The Hall–Kier alpha value is -1.88. The molecule has 1 aromatic carbocycles. The van der Waals surface area contributed by atoms with E-state index in [1.807, 2.05) is 23.1 Å². The summed E-state index contributed by atoms with van der Waals surface area (Å²) in [6.07, 6.45) is 4.22. The average molecular weight is 285 g/mol. The number of carbonyl (C=O) groups is 1. The molecule has 2 fully saturated rings. The van der Waals surface area contributed by atoms with Crippen LogP contribution in [0.3, 0.4) is 0 Å². The van der Waals surface area contributed by atoms with Crippen molar-refractivity contribution in [3.05, 3.63) is 30.1 Å². The number of amides is 1. The van der Waals surface area contributed by atoms with Crippen molar-refractivity contribution in [2.75, 3.05) is 20.2 Å². The quantitative estimate of drug-likeness (QED) is 0.919. The zero-order chi connectivity index (χ0) is 14.4. The highest BCUT2D eigenvalue weighted by atomic mass is 16.5. The molecule has 2 heterocycles. The summed E-state index contributed by atoms with van der Waals surface area (Å²) in [5.74, 6) is 1.35. The Kier molecular flexibility index (Phi) is 2.96. The summed E-state index contributed by atoms with van der Waals surface area (Å²) in [5.41, 5.74) is 2.56. The van der Waals surface area contributed by atoms with Crippen molar-refractivity contribution < 1.29 is 9.53 Å². The van der Waals surface area contributed by atoms with Gasteiger partial charge in [-0.05, 0) is 42.9 Å². The maximum absolute atomic E-state index is 12.7. The number of ether oxygens (including phenoxy) is 1. The molecule has 4 rings (SSSR count). The standard InChI is InChI=1S/C16H19N3O2/c1-21-13-4-11-7-19(8-12(11)5-13)16(20)10-2-3-14-15(6-10)18-9-17-14/h2-3,6,9,11-13H,4-5,7-8H2,1H3,(H,17,18)/t11-,12+,13?. The molecule has 1 aromatic heterocycles. The van der Waals surface area contributed by atoms with Crippen molar-refractivity contribution >= 4 is 16.9 Å². The highest BCUT2D eigenvalue weighted by molar-refractivity contribution is 5.97. The molecule has 110 valence electrons. The number of nitrogens with zero attached hydrogens (tertiary/aromatic N) is 2. The first kappa shape index (κ1) is 12.8. The van der Waals surface area contributed by atoms with E-state index in [0.29, 0.717) is 17.9 Å². The zero-order valence-corrected chi connectivity index (χ0v) is 12.1. The lowest BCUT2D eigenvalue weighted by molar-refractivity contribution is 0.0731. The smallest absolute Gasteiger partial charge is 0.253 e. The molecule has 2 aliphatic rings. The van der Waals surface area contributed by atoms with Gasteiger partial charge in [-0.1, -0.05) is 0 Å². The molecule has 2 aromatic rings. The molecule has 0 radical (unpaired) electrons. The molecule has 1 aliphatic carbocycles. The van der Waals surface area contributed by atoms with Gasteiger partial charge in [0.1, 0.15) is 0 Å². The highest BCUT2D eigenvalue weighted by Gasteiger charge is 2.42. The first-order valence-electron chi connectivity index (χ1n) is 7.50. The van der Waals surface area contributed by atoms with Crippen LogP contribution in [0.25, 0.3) is 11.0 Å². The number of aromatic amines is 1. The zero-order valence-electron chi connectivity index (χ0n) is 12.1. The van der Waals surface area contributed by atoms with Crippen LogP contribution in [0.2, 0.25) is 0 Å². The van der Waals surface area contributed by atoms with Crippen LogP contribution < -0.4 is 0 Å². The second-order valence-corrected chi connectivity index (χ2v) is 6.19. The summed E-state index contributed by atoms with van der Waals surface area (Å²) in [5, 5.41) is 0. The second-order valence-electron chi connectivity index (χ2n) is 6.19. The third-order valence-electron chi connectivity index (χ3n) is 5.00. The molecule has 5 heteroatoms. The molecule has 1 saturated heterocycles. The maximum atomic E-state index is 12.7. The van der Waals surface area contributed by atoms with Gasteiger partial charge in [-0.15, -0.1) is 0 Å². The normalized spacial score (nSPS) is 28.2. The number of rotatable bonds is 2. The van der Waals surface area contributed by atoms with E-state index in [4.69, 9.17) is 4.74 Å². The largest absolute Gasteiger partial charge is 0.381 e. The Labute approximate surface area is 123 Å². The molecule has 1 N–H and O–H groups in total. The fraction of sp³-hybridized carbons (Fsp3) is 0.500. The number of benzene rings is 1. The minimum Gasteiger partial charge on any atom is -0.381 e. The average Bonchev–Trinajstić information content (AvgIpc) is 3.18. The number of carbonyl (C=O) groups excluding carboxylic acids is 1. The number of imidazole rings is 1. The Morgan fingerprint density at radius 1 is 1.33 bits per heavy atom. The van der Waals surface area contributed by atoms with Gasteiger partial charge in [0.15, 0.2) is 0 Å². The van der Waals surface area contributed by atoms with Crippen LogP contribution >= 0.6 is 0 Å². The molecular weight excluding hydrogens is 266 g/mol. The number of hydrogen-bond donors (Lipinski definition) is 1. The van der Waals surface area contributed by atoms with Crippen LogP contribution in [0.4, 0.5) is 0 Å². The van der Waals surface area contributed by atoms with Crippen molar-refractivity contribution in [2.45, 2.75) is 18.9 Å². The minimum atomic E-state index is 0.134. The number of methoxy groups -OCH3 is 1. The van der Waals surface area contributed by atoms with Gasteiger partial charge >= 0.3 is 0 Å². The Morgan fingerprint density at radius 3 is 2.81 bits per heavy atom. The lowest BCUT2D eigenvalue weighted by atomic mass is 10.0. The SMILES string of the molecule is COC1C[C@@H]2CN(C(=O)c3ccc4nc[nH]c4c3)C[C@@H]2C1. The molecule has 0 bridgehead atoms. The Bertz CT molecular complexity index is 667. The number of H-pyrrole nitrogens is 1. The molecule has 3 atom stereocenters. The fourth-order valence-electron chi connectivity index (χ4n) is 3.85. The summed E-state index contributed by atoms with van der Waals surface area (Å²) in [7, 11) is 1.79. The number of nitrogens with one attached hydrogen (secondary N) is 1. The second kappa shape index (κ2) is 4.84. The van der Waals surface area contributed by atoms with Crippen LogP contribution in [0, 0.1) is 11.8 Å². The monoisotopic (exact) mass is 285 g/mol. The van der Waals surface area contributed by atoms with E-state index in [0.717, 1.165) is 42.5 Å². The number of fused-ring (bicyclic) bond motifs is 2. The van der Waals surface area contributed by atoms with Crippen LogP contribution in [0.15, 0.2) is 24.5 Å². The number of hydrogen-bond acceptors (Lipinski definition) is 3. The molecule has 5 nitrogen and oxygen atoms in total. The third-order valence-corrected chi connectivity index (χ3v) is 5.00. The van der Waals surface area contributed by atoms with Gasteiger partial charge in [-0.2, -0.15) is 0 Å².